The molecule has 0 aliphatic carbocycles. The highest BCUT2D eigenvalue weighted by molar-refractivity contribution is 6.30. The Labute approximate surface area is 88.5 Å². The topological polar surface area (TPSA) is 46.3 Å². The summed E-state index contributed by atoms with van der Waals surface area (Å²) in [7, 11) is 1.64. The van der Waals surface area contributed by atoms with Crippen molar-refractivity contribution in [3.63, 3.8) is 0 Å². The zero-order chi connectivity index (χ0) is 10.6. The maximum atomic E-state index is 10.7. The summed E-state index contributed by atoms with van der Waals surface area (Å²) >= 11 is 5.80. The van der Waals surface area contributed by atoms with Crippen LogP contribution in [0.3, 0.4) is 0 Å². The number of hydrogen-bond donors (Lipinski definition) is 1. The number of carbonyl (C=O) groups is 1. The van der Waals surface area contributed by atoms with Crippen molar-refractivity contribution < 1.29 is 4.79 Å². The molecular formula is C10H12ClN2O. The summed E-state index contributed by atoms with van der Waals surface area (Å²) in [5.74, 6) is 0. The van der Waals surface area contributed by atoms with Crippen molar-refractivity contribution >= 4 is 17.6 Å². The average Bonchev–Trinajstić information content (AvgIpc) is 2.14. The van der Waals surface area contributed by atoms with Crippen LogP contribution in [0.2, 0.25) is 5.02 Å². The van der Waals surface area contributed by atoms with E-state index in [-0.39, 0.29) is 0 Å². The number of rotatable bonds is 3. The summed E-state index contributed by atoms with van der Waals surface area (Å²) in [6.07, 6.45) is 1.89. The molecule has 0 aliphatic heterocycles. The monoisotopic (exact) mass is 211 g/mol. The van der Waals surface area contributed by atoms with Crippen LogP contribution < -0.4 is 5.73 Å². The largest absolute Gasteiger partial charge is 0.351 e. The summed E-state index contributed by atoms with van der Waals surface area (Å²) in [6.45, 7) is 0.482. The number of amides is 2. The average molecular weight is 212 g/mol. The Morgan fingerprint density at radius 3 is 2.93 bits per heavy atom. The van der Waals surface area contributed by atoms with Crippen molar-refractivity contribution in [3.8, 4) is 0 Å². The molecule has 0 saturated carbocycles. The van der Waals surface area contributed by atoms with E-state index >= 15 is 0 Å². The van der Waals surface area contributed by atoms with Gasteiger partial charge in [0.2, 0.25) is 0 Å². The van der Waals surface area contributed by atoms with Gasteiger partial charge < -0.3 is 10.6 Å². The van der Waals surface area contributed by atoms with E-state index in [0.29, 0.717) is 11.6 Å². The van der Waals surface area contributed by atoms with Gasteiger partial charge in [0.05, 0.1) is 0 Å². The third kappa shape index (κ3) is 3.26. The molecule has 0 aliphatic rings. The molecule has 0 heterocycles. The van der Waals surface area contributed by atoms with Crippen LogP contribution in [0.5, 0.6) is 0 Å². The summed E-state index contributed by atoms with van der Waals surface area (Å²) in [5, 5.41) is 0.681. The zero-order valence-electron chi connectivity index (χ0n) is 7.90. The lowest BCUT2D eigenvalue weighted by Gasteiger charge is -2.13. The van der Waals surface area contributed by atoms with Gasteiger partial charge in [-0.25, -0.2) is 4.79 Å². The first-order valence-electron chi connectivity index (χ1n) is 4.19. The molecule has 75 valence electrons. The van der Waals surface area contributed by atoms with Crippen molar-refractivity contribution in [2.45, 2.75) is 0 Å². The van der Waals surface area contributed by atoms with Gasteiger partial charge in [-0.05, 0) is 17.7 Å². The molecule has 0 unspecified atom stereocenters. The standard InChI is InChI=1S/C10H12ClN2O/c1-13(10(12)14)6-5-8-3-2-4-9(11)7-8/h2-5,7H,6H2,1H3,(H2,12,14). The SMILES string of the molecule is CN(C[CH]c1cccc(Cl)c1)C(N)=O. The number of primary amides is 1. The maximum Gasteiger partial charge on any atom is 0.314 e. The van der Waals surface area contributed by atoms with Gasteiger partial charge in [-0.1, -0.05) is 23.7 Å². The minimum atomic E-state index is -0.441. The number of hydrogen-bond acceptors (Lipinski definition) is 1. The van der Waals surface area contributed by atoms with Crippen LogP contribution in [-0.2, 0) is 0 Å². The normalized spacial score (nSPS) is 9.86. The Bertz CT molecular complexity index is 328. The van der Waals surface area contributed by atoms with Crippen LogP contribution in [0, 0.1) is 6.42 Å². The number of likely N-dealkylation sites (N-methyl/N-ethyl adjacent to an activating group) is 1. The Hall–Kier alpha value is -1.22. The third-order valence-electron chi connectivity index (χ3n) is 1.83. The molecule has 0 saturated heterocycles. The minimum Gasteiger partial charge on any atom is -0.351 e. The second-order valence-corrected chi connectivity index (χ2v) is 3.41. The number of urea groups is 1. The highest BCUT2D eigenvalue weighted by Gasteiger charge is 2.03. The first kappa shape index (κ1) is 10.9. The van der Waals surface area contributed by atoms with Gasteiger partial charge >= 0.3 is 6.03 Å². The van der Waals surface area contributed by atoms with Gasteiger partial charge in [-0.15, -0.1) is 0 Å². The van der Waals surface area contributed by atoms with Gasteiger partial charge in [0.15, 0.2) is 0 Å². The van der Waals surface area contributed by atoms with Gasteiger partial charge in [0.25, 0.3) is 0 Å². The van der Waals surface area contributed by atoms with Crippen molar-refractivity contribution in [2.75, 3.05) is 13.6 Å². The maximum absolute atomic E-state index is 10.7. The smallest absolute Gasteiger partial charge is 0.314 e. The molecule has 0 fully saturated rings. The third-order valence-corrected chi connectivity index (χ3v) is 2.06. The number of carbonyl (C=O) groups excluding carboxylic acids is 1. The number of nitrogens with two attached hydrogens (primary N) is 1. The molecule has 0 aromatic heterocycles. The van der Waals surface area contributed by atoms with Crippen molar-refractivity contribution in [1.29, 1.82) is 0 Å². The summed E-state index contributed by atoms with van der Waals surface area (Å²) < 4.78 is 0. The minimum absolute atomic E-state index is 0.441. The number of nitrogens with zero attached hydrogens (tertiary/aromatic N) is 1. The molecule has 2 N–H and O–H groups in total. The summed E-state index contributed by atoms with van der Waals surface area (Å²) in [5.41, 5.74) is 6.05. The van der Waals surface area contributed by atoms with Gasteiger partial charge in [0, 0.05) is 25.0 Å². The zero-order valence-corrected chi connectivity index (χ0v) is 8.66. The molecule has 0 spiro atoms. The predicted molar refractivity (Wildman–Crippen MR) is 57.1 cm³/mol. The molecule has 1 aromatic rings. The molecule has 0 bridgehead atoms. The molecule has 1 aromatic carbocycles. The van der Waals surface area contributed by atoms with E-state index < -0.39 is 6.03 Å². The number of benzene rings is 1. The summed E-state index contributed by atoms with van der Waals surface area (Å²) in [6, 6.07) is 6.97. The Morgan fingerprint density at radius 2 is 2.36 bits per heavy atom. The molecular weight excluding hydrogens is 200 g/mol. The van der Waals surface area contributed by atoms with Crippen LogP contribution in [0.25, 0.3) is 0 Å². The van der Waals surface area contributed by atoms with Crippen LogP contribution in [-0.4, -0.2) is 24.5 Å². The second kappa shape index (κ2) is 4.86. The quantitative estimate of drug-likeness (QED) is 0.816. The second-order valence-electron chi connectivity index (χ2n) is 2.98. The molecule has 3 nitrogen and oxygen atoms in total. The van der Waals surface area contributed by atoms with E-state index in [1.807, 2.05) is 24.6 Å². The number of halogens is 1. The molecule has 4 heteroatoms. The van der Waals surface area contributed by atoms with Crippen molar-refractivity contribution in [2.24, 2.45) is 5.73 Å². The molecule has 2 amide bonds. The fourth-order valence-electron chi connectivity index (χ4n) is 0.966. The first-order chi connectivity index (χ1) is 6.59. The van der Waals surface area contributed by atoms with E-state index in [4.69, 9.17) is 17.3 Å². The van der Waals surface area contributed by atoms with Crippen LogP contribution in [0.15, 0.2) is 24.3 Å². The summed E-state index contributed by atoms with van der Waals surface area (Å²) in [4.78, 5) is 12.1. The van der Waals surface area contributed by atoms with E-state index in [2.05, 4.69) is 0 Å². The highest BCUT2D eigenvalue weighted by atomic mass is 35.5. The Balaban J connectivity index is 2.49. The lowest BCUT2D eigenvalue weighted by molar-refractivity contribution is 0.222. The molecule has 1 radical (unpaired) electrons. The van der Waals surface area contributed by atoms with Crippen LogP contribution >= 0.6 is 11.6 Å². The van der Waals surface area contributed by atoms with Crippen LogP contribution in [0.1, 0.15) is 5.56 Å². The first-order valence-corrected chi connectivity index (χ1v) is 4.57. The van der Waals surface area contributed by atoms with E-state index in [1.54, 1.807) is 13.1 Å². The fourth-order valence-corrected chi connectivity index (χ4v) is 1.16. The molecule has 0 atom stereocenters. The Kier molecular flexibility index (Phi) is 3.77. The fraction of sp³-hybridized carbons (Fsp3) is 0.200. The molecule has 1 rings (SSSR count). The Morgan fingerprint density at radius 1 is 1.64 bits per heavy atom. The van der Waals surface area contributed by atoms with E-state index in [9.17, 15) is 4.79 Å². The van der Waals surface area contributed by atoms with E-state index in [0.717, 1.165) is 5.56 Å². The van der Waals surface area contributed by atoms with Gasteiger partial charge in [-0.2, -0.15) is 0 Å². The van der Waals surface area contributed by atoms with Crippen LogP contribution in [0.4, 0.5) is 4.79 Å². The van der Waals surface area contributed by atoms with Crippen molar-refractivity contribution in [3.05, 3.63) is 41.3 Å². The lowest BCUT2D eigenvalue weighted by atomic mass is 10.1. The van der Waals surface area contributed by atoms with Gasteiger partial charge in [-0.3, -0.25) is 0 Å². The highest BCUT2D eigenvalue weighted by Crippen LogP contribution is 2.12. The lowest BCUT2D eigenvalue weighted by Crippen LogP contribution is -2.32. The van der Waals surface area contributed by atoms with Crippen molar-refractivity contribution in [1.82, 2.24) is 4.90 Å². The molecule has 14 heavy (non-hydrogen) atoms. The predicted octanol–water partition coefficient (Wildman–Crippen LogP) is 1.90. The van der Waals surface area contributed by atoms with Gasteiger partial charge in [0.1, 0.15) is 0 Å². The van der Waals surface area contributed by atoms with E-state index in [1.165, 1.54) is 4.90 Å².